The van der Waals surface area contributed by atoms with E-state index in [1.165, 1.54) is 0 Å². The molecule has 18 heavy (non-hydrogen) atoms. The molecule has 108 valence electrons. The Hall–Kier alpha value is -0.330. The van der Waals surface area contributed by atoms with Crippen LogP contribution in [0.25, 0.3) is 0 Å². The minimum Gasteiger partial charge on any atom is -0.383 e. The van der Waals surface area contributed by atoms with Crippen molar-refractivity contribution in [2.45, 2.75) is 37.9 Å². The highest BCUT2D eigenvalue weighted by Crippen LogP contribution is 2.23. The first-order chi connectivity index (χ1) is 8.53. The maximum atomic E-state index is 12.1. The number of hydrogen-bond acceptors (Lipinski definition) is 3. The predicted octanol–water partition coefficient (Wildman–Crippen LogP) is 2.03. The smallest absolute Gasteiger partial charge is 0.383 e. The zero-order valence-corrected chi connectivity index (χ0v) is 10.9. The second-order valence-corrected chi connectivity index (χ2v) is 4.75. The molecule has 0 bridgehead atoms. The van der Waals surface area contributed by atoms with Crippen molar-refractivity contribution < 1.29 is 17.9 Å². The van der Waals surface area contributed by atoms with Gasteiger partial charge < -0.3 is 10.1 Å². The zero-order valence-electron chi connectivity index (χ0n) is 10.9. The molecule has 1 heterocycles. The second kappa shape index (κ2) is 7.96. The van der Waals surface area contributed by atoms with Crippen molar-refractivity contribution in [3.63, 3.8) is 0 Å². The summed E-state index contributed by atoms with van der Waals surface area (Å²) in [6.07, 6.45) is -2.33. The van der Waals surface area contributed by atoms with Crippen LogP contribution in [0, 0.1) is 0 Å². The van der Waals surface area contributed by atoms with Gasteiger partial charge in [0.15, 0.2) is 0 Å². The van der Waals surface area contributed by atoms with Crippen molar-refractivity contribution in [1.82, 2.24) is 10.2 Å². The molecular formula is C12H23F3N2O. The average Bonchev–Trinajstić information content (AvgIpc) is 2.71. The lowest BCUT2D eigenvalue weighted by atomic mass is 10.2. The van der Waals surface area contributed by atoms with E-state index < -0.39 is 12.6 Å². The topological polar surface area (TPSA) is 24.5 Å². The van der Waals surface area contributed by atoms with E-state index in [1.54, 1.807) is 7.11 Å². The Balaban J connectivity index is 2.15. The number of nitrogens with one attached hydrogen (secondary N) is 1. The summed E-state index contributed by atoms with van der Waals surface area (Å²) in [7, 11) is 1.65. The Labute approximate surface area is 107 Å². The van der Waals surface area contributed by atoms with Crippen LogP contribution in [0.2, 0.25) is 0 Å². The molecule has 3 nitrogen and oxygen atoms in total. The van der Waals surface area contributed by atoms with Crippen LogP contribution < -0.4 is 5.32 Å². The molecule has 1 aliphatic rings. The Kier molecular flexibility index (Phi) is 6.96. The molecule has 0 aromatic carbocycles. The van der Waals surface area contributed by atoms with Crippen LogP contribution in [0.5, 0.6) is 0 Å². The third-order valence-corrected chi connectivity index (χ3v) is 3.27. The van der Waals surface area contributed by atoms with Crippen molar-refractivity contribution in [1.29, 1.82) is 0 Å². The molecule has 1 fully saturated rings. The molecule has 1 unspecified atom stereocenters. The maximum absolute atomic E-state index is 12.1. The van der Waals surface area contributed by atoms with Gasteiger partial charge in [-0.25, -0.2) is 0 Å². The molecule has 1 saturated heterocycles. The van der Waals surface area contributed by atoms with Gasteiger partial charge in [0.2, 0.25) is 0 Å². The van der Waals surface area contributed by atoms with E-state index in [0.29, 0.717) is 19.2 Å². The van der Waals surface area contributed by atoms with Crippen molar-refractivity contribution in [3.05, 3.63) is 0 Å². The molecule has 0 aliphatic carbocycles. The summed E-state index contributed by atoms with van der Waals surface area (Å²) in [6, 6.07) is 0.384. The lowest BCUT2D eigenvalue weighted by Gasteiger charge is -2.24. The average molecular weight is 268 g/mol. The summed E-state index contributed by atoms with van der Waals surface area (Å²) in [5.41, 5.74) is 0. The highest BCUT2D eigenvalue weighted by atomic mass is 19.4. The largest absolute Gasteiger partial charge is 0.389 e. The summed E-state index contributed by atoms with van der Waals surface area (Å²) in [5, 5.41) is 3.28. The summed E-state index contributed by atoms with van der Waals surface area (Å²) in [5.74, 6) is 0. The highest BCUT2D eigenvalue weighted by Gasteiger charge is 2.28. The van der Waals surface area contributed by atoms with Crippen LogP contribution in [0.15, 0.2) is 0 Å². The lowest BCUT2D eigenvalue weighted by molar-refractivity contribution is -0.136. The van der Waals surface area contributed by atoms with Gasteiger partial charge in [0.1, 0.15) is 0 Å². The Morgan fingerprint density at radius 2 is 2.17 bits per heavy atom. The first-order valence-corrected chi connectivity index (χ1v) is 6.53. The van der Waals surface area contributed by atoms with E-state index in [-0.39, 0.29) is 6.42 Å². The standard InChI is InChI=1S/C12H23F3N2O/c1-18-9-6-16-10-11-4-2-7-17(11)8-3-5-12(13,14)15/h11,16H,2-10H2,1H3. The quantitative estimate of drug-likeness (QED) is 0.682. The van der Waals surface area contributed by atoms with Gasteiger partial charge in [-0.2, -0.15) is 13.2 Å². The van der Waals surface area contributed by atoms with Gasteiger partial charge in [-0.3, -0.25) is 4.90 Å². The number of nitrogens with zero attached hydrogens (tertiary/aromatic N) is 1. The normalized spacial score (nSPS) is 21.7. The van der Waals surface area contributed by atoms with Gasteiger partial charge in [0, 0.05) is 32.7 Å². The number of methoxy groups -OCH3 is 1. The Bertz CT molecular complexity index is 224. The Morgan fingerprint density at radius 1 is 1.39 bits per heavy atom. The van der Waals surface area contributed by atoms with Crippen LogP contribution in [-0.4, -0.2) is 57.0 Å². The molecule has 1 N–H and O–H groups in total. The predicted molar refractivity (Wildman–Crippen MR) is 64.6 cm³/mol. The third-order valence-electron chi connectivity index (χ3n) is 3.27. The molecule has 0 aromatic heterocycles. The van der Waals surface area contributed by atoms with Crippen molar-refractivity contribution >= 4 is 0 Å². The number of hydrogen-bond donors (Lipinski definition) is 1. The minimum atomic E-state index is -4.02. The van der Waals surface area contributed by atoms with E-state index in [2.05, 4.69) is 10.2 Å². The lowest BCUT2D eigenvalue weighted by Crippen LogP contribution is -2.39. The molecular weight excluding hydrogens is 245 g/mol. The molecule has 1 aliphatic heterocycles. The fourth-order valence-corrected chi connectivity index (χ4v) is 2.35. The van der Waals surface area contributed by atoms with Gasteiger partial charge in [-0.05, 0) is 32.4 Å². The summed E-state index contributed by atoms with van der Waals surface area (Å²) < 4.78 is 41.1. The fourth-order valence-electron chi connectivity index (χ4n) is 2.35. The van der Waals surface area contributed by atoms with Gasteiger partial charge in [-0.15, -0.1) is 0 Å². The first kappa shape index (κ1) is 15.7. The monoisotopic (exact) mass is 268 g/mol. The number of rotatable bonds is 8. The minimum absolute atomic E-state index is 0.206. The van der Waals surface area contributed by atoms with Crippen LogP contribution >= 0.6 is 0 Å². The Morgan fingerprint density at radius 3 is 2.83 bits per heavy atom. The summed E-state index contributed by atoms with van der Waals surface area (Å²) in [4.78, 5) is 2.17. The second-order valence-electron chi connectivity index (χ2n) is 4.75. The SMILES string of the molecule is COCCNCC1CCCN1CCCC(F)(F)F. The third kappa shape index (κ3) is 6.56. The van der Waals surface area contributed by atoms with Crippen molar-refractivity contribution in [2.75, 3.05) is 39.9 Å². The number of ether oxygens (including phenoxy) is 1. The van der Waals surface area contributed by atoms with E-state index in [4.69, 9.17) is 4.74 Å². The van der Waals surface area contributed by atoms with E-state index in [0.717, 1.165) is 32.5 Å². The van der Waals surface area contributed by atoms with Crippen molar-refractivity contribution in [2.24, 2.45) is 0 Å². The summed E-state index contributed by atoms with van der Waals surface area (Å²) >= 11 is 0. The first-order valence-electron chi connectivity index (χ1n) is 6.53. The molecule has 0 radical (unpaired) electrons. The van der Waals surface area contributed by atoms with Crippen LogP contribution in [0.4, 0.5) is 13.2 Å². The van der Waals surface area contributed by atoms with E-state index in [9.17, 15) is 13.2 Å². The van der Waals surface area contributed by atoms with Crippen LogP contribution in [-0.2, 0) is 4.74 Å². The van der Waals surface area contributed by atoms with Gasteiger partial charge in [0.25, 0.3) is 0 Å². The number of halogens is 3. The van der Waals surface area contributed by atoms with Gasteiger partial charge in [0.05, 0.1) is 6.61 Å². The van der Waals surface area contributed by atoms with Crippen LogP contribution in [0.1, 0.15) is 25.7 Å². The zero-order chi connectivity index (χ0) is 13.4. The number of likely N-dealkylation sites (tertiary alicyclic amines) is 1. The van der Waals surface area contributed by atoms with Gasteiger partial charge in [-0.1, -0.05) is 0 Å². The molecule has 6 heteroatoms. The van der Waals surface area contributed by atoms with Gasteiger partial charge >= 0.3 is 6.18 Å². The maximum Gasteiger partial charge on any atom is 0.389 e. The van der Waals surface area contributed by atoms with Crippen molar-refractivity contribution in [3.8, 4) is 0 Å². The van der Waals surface area contributed by atoms with E-state index >= 15 is 0 Å². The molecule has 1 rings (SSSR count). The molecule has 0 spiro atoms. The molecule has 0 aromatic rings. The molecule has 0 amide bonds. The summed E-state index contributed by atoms with van der Waals surface area (Å²) in [6.45, 7) is 3.78. The molecule has 0 saturated carbocycles. The van der Waals surface area contributed by atoms with Crippen LogP contribution in [0.3, 0.4) is 0 Å². The fraction of sp³-hybridized carbons (Fsp3) is 1.00. The molecule has 1 atom stereocenters. The van der Waals surface area contributed by atoms with E-state index in [1.807, 2.05) is 0 Å². The highest BCUT2D eigenvalue weighted by molar-refractivity contribution is 4.80. The number of alkyl halides is 3.